The minimum atomic E-state index is -0.221. The van der Waals surface area contributed by atoms with Crippen molar-refractivity contribution in [2.24, 2.45) is 0 Å². The summed E-state index contributed by atoms with van der Waals surface area (Å²) in [6.07, 6.45) is 0.277. The first-order valence-corrected chi connectivity index (χ1v) is 9.61. The van der Waals surface area contributed by atoms with Gasteiger partial charge in [-0.05, 0) is 36.8 Å². The molecule has 1 fully saturated rings. The molecule has 0 spiro atoms. The molecule has 1 aliphatic rings. The summed E-state index contributed by atoms with van der Waals surface area (Å²) in [6, 6.07) is 14.5. The standard InChI is InChI=1S/C21H19ClN4O3/c1-13-7-8-17(16(22)9-13)26-12-15(10-19(26)27)20-24-18(29-25-20)11-23-21(28)14-5-3-2-4-6-14/h2-9,15H,10-12H2,1H3,(H,23,28). The lowest BCUT2D eigenvalue weighted by atomic mass is 10.1. The summed E-state index contributed by atoms with van der Waals surface area (Å²) in [5.74, 6) is 0.296. The molecule has 3 aromatic rings. The van der Waals surface area contributed by atoms with E-state index in [0.29, 0.717) is 34.5 Å². The van der Waals surface area contributed by atoms with Gasteiger partial charge in [0.2, 0.25) is 11.8 Å². The molecule has 29 heavy (non-hydrogen) atoms. The zero-order valence-corrected chi connectivity index (χ0v) is 16.5. The molecule has 1 aromatic heterocycles. The summed E-state index contributed by atoms with van der Waals surface area (Å²) < 4.78 is 5.25. The predicted molar refractivity (Wildman–Crippen MR) is 108 cm³/mol. The van der Waals surface area contributed by atoms with Crippen molar-refractivity contribution >= 4 is 29.1 Å². The van der Waals surface area contributed by atoms with Crippen LogP contribution in [0.25, 0.3) is 0 Å². The molecule has 1 aliphatic heterocycles. The van der Waals surface area contributed by atoms with Crippen LogP contribution in [0.4, 0.5) is 5.69 Å². The van der Waals surface area contributed by atoms with Crippen LogP contribution < -0.4 is 10.2 Å². The number of hydrogen-bond donors (Lipinski definition) is 1. The average Bonchev–Trinajstić information content (AvgIpc) is 3.34. The molecule has 1 N–H and O–H groups in total. The number of aromatic nitrogens is 2. The lowest BCUT2D eigenvalue weighted by Gasteiger charge is -2.18. The van der Waals surface area contributed by atoms with Crippen molar-refractivity contribution in [3.63, 3.8) is 0 Å². The maximum absolute atomic E-state index is 12.5. The molecule has 0 saturated carbocycles. The van der Waals surface area contributed by atoms with Crippen LogP contribution >= 0.6 is 11.6 Å². The van der Waals surface area contributed by atoms with Gasteiger partial charge in [-0.15, -0.1) is 0 Å². The van der Waals surface area contributed by atoms with Gasteiger partial charge >= 0.3 is 0 Å². The number of nitrogens with zero attached hydrogens (tertiary/aromatic N) is 3. The Balaban J connectivity index is 1.41. The highest BCUT2D eigenvalue weighted by Gasteiger charge is 2.35. The lowest BCUT2D eigenvalue weighted by molar-refractivity contribution is -0.117. The van der Waals surface area contributed by atoms with E-state index in [1.165, 1.54) is 0 Å². The predicted octanol–water partition coefficient (Wildman–Crippen LogP) is 3.48. The van der Waals surface area contributed by atoms with E-state index in [-0.39, 0.29) is 30.7 Å². The van der Waals surface area contributed by atoms with Gasteiger partial charge in [0.1, 0.15) is 0 Å². The SMILES string of the molecule is Cc1ccc(N2CC(c3noc(CNC(=O)c4ccccc4)n3)CC2=O)c(Cl)c1. The van der Waals surface area contributed by atoms with Gasteiger partial charge in [0.15, 0.2) is 5.82 Å². The van der Waals surface area contributed by atoms with E-state index >= 15 is 0 Å². The molecule has 1 unspecified atom stereocenters. The van der Waals surface area contributed by atoms with E-state index in [4.69, 9.17) is 16.1 Å². The van der Waals surface area contributed by atoms with E-state index in [0.717, 1.165) is 5.56 Å². The zero-order valence-electron chi connectivity index (χ0n) is 15.8. The maximum Gasteiger partial charge on any atom is 0.251 e. The minimum absolute atomic E-state index is 0.0375. The quantitative estimate of drug-likeness (QED) is 0.695. The van der Waals surface area contributed by atoms with Crippen LogP contribution in [0.1, 0.15) is 40.0 Å². The van der Waals surface area contributed by atoms with Crippen LogP contribution in [0.15, 0.2) is 53.1 Å². The molecule has 8 heteroatoms. The number of halogens is 1. The van der Waals surface area contributed by atoms with Gasteiger partial charge in [0.05, 0.1) is 17.3 Å². The average molecular weight is 411 g/mol. The van der Waals surface area contributed by atoms with Gasteiger partial charge in [-0.25, -0.2) is 0 Å². The van der Waals surface area contributed by atoms with Crippen molar-refractivity contribution in [3.8, 4) is 0 Å². The lowest BCUT2D eigenvalue weighted by Crippen LogP contribution is -2.24. The Morgan fingerprint density at radius 3 is 2.83 bits per heavy atom. The highest BCUT2D eigenvalue weighted by molar-refractivity contribution is 6.34. The third-order valence-electron chi connectivity index (χ3n) is 4.80. The number of anilines is 1. The molecule has 4 rings (SSSR count). The highest BCUT2D eigenvalue weighted by atomic mass is 35.5. The fraction of sp³-hybridized carbons (Fsp3) is 0.238. The molecular formula is C21H19ClN4O3. The number of aryl methyl sites for hydroxylation is 1. The summed E-state index contributed by atoms with van der Waals surface area (Å²) in [6.45, 7) is 2.49. The second-order valence-electron chi connectivity index (χ2n) is 6.96. The molecule has 7 nitrogen and oxygen atoms in total. The highest BCUT2D eigenvalue weighted by Crippen LogP contribution is 2.34. The van der Waals surface area contributed by atoms with Gasteiger partial charge in [-0.1, -0.05) is 41.0 Å². The first-order chi connectivity index (χ1) is 14.0. The molecule has 2 aromatic carbocycles. The monoisotopic (exact) mass is 410 g/mol. The molecule has 1 saturated heterocycles. The van der Waals surface area contributed by atoms with Gasteiger partial charge in [-0.2, -0.15) is 4.98 Å². The van der Waals surface area contributed by atoms with Crippen molar-refractivity contribution in [2.75, 3.05) is 11.4 Å². The third-order valence-corrected chi connectivity index (χ3v) is 5.11. The fourth-order valence-corrected chi connectivity index (χ4v) is 3.63. The molecule has 0 bridgehead atoms. The number of rotatable bonds is 5. The number of carbonyl (C=O) groups excluding carboxylic acids is 2. The molecular weight excluding hydrogens is 392 g/mol. The van der Waals surface area contributed by atoms with Crippen LogP contribution in [0.5, 0.6) is 0 Å². The Bertz CT molecular complexity index is 1050. The maximum atomic E-state index is 12.5. The van der Waals surface area contributed by atoms with E-state index in [1.807, 2.05) is 31.2 Å². The van der Waals surface area contributed by atoms with Crippen LogP contribution in [0, 0.1) is 6.92 Å². The van der Waals surface area contributed by atoms with Gasteiger partial charge in [-0.3, -0.25) is 9.59 Å². The van der Waals surface area contributed by atoms with Crippen molar-refractivity contribution in [1.29, 1.82) is 0 Å². The van der Waals surface area contributed by atoms with Crippen molar-refractivity contribution in [3.05, 3.63) is 76.4 Å². The Kier molecular flexibility index (Phi) is 5.31. The number of nitrogens with one attached hydrogen (secondary N) is 1. The zero-order chi connectivity index (χ0) is 20.4. The molecule has 0 aliphatic carbocycles. The van der Waals surface area contributed by atoms with E-state index in [2.05, 4.69) is 15.5 Å². The molecule has 148 valence electrons. The molecule has 2 heterocycles. The summed E-state index contributed by atoms with van der Waals surface area (Å²) in [5, 5.41) is 7.28. The van der Waals surface area contributed by atoms with Crippen LogP contribution in [-0.4, -0.2) is 28.5 Å². The summed E-state index contributed by atoms with van der Waals surface area (Å²) in [4.78, 5) is 30.6. The van der Waals surface area contributed by atoms with Gasteiger partial charge < -0.3 is 14.7 Å². The first-order valence-electron chi connectivity index (χ1n) is 9.23. The van der Waals surface area contributed by atoms with Crippen LogP contribution in [-0.2, 0) is 11.3 Å². The second kappa shape index (κ2) is 8.05. The summed E-state index contributed by atoms with van der Waals surface area (Å²) >= 11 is 6.31. The molecule has 2 amide bonds. The topological polar surface area (TPSA) is 88.3 Å². The normalized spacial score (nSPS) is 16.3. The molecule has 1 atom stereocenters. The fourth-order valence-electron chi connectivity index (χ4n) is 3.30. The van der Waals surface area contributed by atoms with Crippen LogP contribution in [0.2, 0.25) is 5.02 Å². The van der Waals surface area contributed by atoms with Gasteiger partial charge in [0.25, 0.3) is 5.91 Å². The first kappa shape index (κ1) is 19.1. The van der Waals surface area contributed by atoms with E-state index in [9.17, 15) is 9.59 Å². The Labute approximate surface area is 172 Å². The summed E-state index contributed by atoms with van der Waals surface area (Å²) in [5.41, 5.74) is 2.27. The minimum Gasteiger partial charge on any atom is -0.343 e. The third kappa shape index (κ3) is 4.14. The summed E-state index contributed by atoms with van der Waals surface area (Å²) in [7, 11) is 0. The van der Waals surface area contributed by atoms with E-state index in [1.54, 1.807) is 29.2 Å². The van der Waals surface area contributed by atoms with E-state index < -0.39 is 0 Å². The van der Waals surface area contributed by atoms with Crippen LogP contribution in [0.3, 0.4) is 0 Å². The Morgan fingerprint density at radius 2 is 2.07 bits per heavy atom. The Morgan fingerprint density at radius 1 is 1.28 bits per heavy atom. The molecule has 0 radical (unpaired) electrons. The van der Waals surface area contributed by atoms with Crippen molar-refractivity contribution in [1.82, 2.24) is 15.5 Å². The van der Waals surface area contributed by atoms with Crippen molar-refractivity contribution < 1.29 is 14.1 Å². The second-order valence-corrected chi connectivity index (χ2v) is 7.36. The Hall–Kier alpha value is -3.19. The van der Waals surface area contributed by atoms with Gasteiger partial charge in [0, 0.05) is 24.4 Å². The number of hydrogen-bond acceptors (Lipinski definition) is 5. The number of carbonyl (C=O) groups is 2. The number of amides is 2. The van der Waals surface area contributed by atoms with Crippen molar-refractivity contribution in [2.45, 2.75) is 25.8 Å². The number of benzene rings is 2. The smallest absolute Gasteiger partial charge is 0.251 e. The largest absolute Gasteiger partial charge is 0.343 e.